The third-order valence-corrected chi connectivity index (χ3v) is 4.54. The van der Waals surface area contributed by atoms with Gasteiger partial charge in [-0.1, -0.05) is 13.3 Å². The number of methoxy groups -OCH3 is 1. The minimum atomic E-state index is -0.237. The van der Waals surface area contributed by atoms with Gasteiger partial charge in [0, 0.05) is 0 Å². The lowest BCUT2D eigenvalue weighted by Gasteiger charge is -2.35. The number of ether oxygens (including phenoxy) is 2. The lowest BCUT2D eigenvalue weighted by atomic mass is 9.87. The quantitative estimate of drug-likeness (QED) is 0.815. The van der Waals surface area contributed by atoms with Gasteiger partial charge in [-0.15, -0.1) is 0 Å². The van der Waals surface area contributed by atoms with E-state index in [2.05, 4.69) is 6.92 Å². The number of Topliss-reactive ketones (excluding diaryl/α,β-unsaturated/α-hetero) is 1. The van der Waals surface area contributed by atoms with Gasteiger partial charge in [-0.2, -0.15) is 0 Å². The third kappa shape index (κ3) is 2.11. The first-order chi connectivity index (χ1) is 9.15. The van der Waals surface area contributed by atoms with Crippen molar-refractivity contribution in [2.24, 2.45) is 5.92 Å². The summed E-state index contributed by atoms with van der Waals surface area (Å²) in [6.45, 7) is 2.22. The molecule has 2 atom stereocenters. The molecule has 0 N–H and O–H groups in total. The average Bonchev–Trinajstić information content (AvgIpc) is 2.81. The second-order valence-corrected chi connectivity index (χ2v) is 5.76. The second-order valence-electron chi connectivity index (χ2n) is 5.76. The van der Waals surface area contributed by atoms with E-state index in [0.717, 1.165) is 18.6 Å². The van der Waals surface area contributed by atoms with Crippen molar-refractivity contribution in [2.75, 3.05) is 7.11 Å². The van der Waals surface area contributed by atoms with Crippen molar-refractivity contribution in [2.45, 2.75) is 44.6 Å². The van der Waals surface area contributed by atoms with Crippen molar-refractivity contribution < 1.29 is 14.3 Å². The van der Waals surface area contributed by atoms with Crippen LogP contribution in [0.3, 0.4) is 0 Å². The van der Waals surface area contributed by atoms with Gasteiger partial charge in [-0.3, -0.25) is 4.79 Å². The Hall–Kier alpha value is -1.51. The molecule has 1 aromatic carbocycles. The largest absolute Gasteiger partial charge is 0.497 e. The number of fused-ring (bicyclic) bond motifs is 1. The molecule has 3 heteroatoms. The molecule has 0 bridgehead atoms. The Bertz CT molecular complexity index is 509. The number of ketones is 1. The van der Waals surface area contributed by atoms with Crippen molar-refractivity contribution in [1.29, 1.82) is 0 Å². The minimum absolute atomic E-state index is 0.192. The molecule has 102 valence electrons. The molecule has 0 aromatic heterocycles. The van der Waals surface area contributed by atoms with Crippen LogP contribution in [0.25, 0.3) is 0 Å². The fourth-order valence-corrected chi connectivity index (χ4v) is 3.40. The lowest BCUT2D eigenvalue weighted by molar-refractivity contribution is 0.0422. The number of rotatable bonds is 2. The predicted octanol–water partition coefficient (Wildman–Crippen LogP) is 3.61. The van der Waals surface area contributed by atoms with Crippen molar-refractivity contribution in [3.05, 3.63) is 23.8 Å². The smallest absolute Gasteiger partial charge is 0.170 e. The van der Waals surface area contributed by atoms with Crippen molar-refractivity contribution in [3.8, 4) is 11.5 Å². The molecule has 3 rings (SSSR count). The molecule has 0 saturated heterocycles. The molecule has 19 heavy (non-hydrogen) atoms. The molecule has 0 amide bonds. The minimum Gasteiger partial charge on any atom is -0.497 e. The molecule has 1 aromatic rings. The van der Waals surface area contributed by atoms with Gasteiger partial charge >= 0.3 is 0 Å². The van der Waals surface area contributed by atoms with Crippen molar-refractivity contribution in [3.63, 3.8) is 0 Å². The molecule has 1 heterocycles. The average molecular weight is 260 g/mol. The van der Waals surface area contributed by atoms with Crippen LogP contribution >= 0.6 is 0 Å². The van der Waals surface area contributed by atoms with E-state index in [4.69, 9.17) is 9.47 Å². The summed E-state index contributed by atoms with van der Waals surface area (Å²) in [7, 11) is 1.61. The van der Waals surface area contributed by atoms with Gasteiger partial charge in [-0.05, 0) is 43.4 Å². The lowest BCUT2D eigenvalue weighted by Crippen LogP contribution is -2.39. The first kappa shape index (κ1) is 12.5. The van der Waals surface area contributed by atoms with Crippen LogP contribution in [0.4, 0.5) is 0 Å². The van der Waals surface area contributed by atoms with E-state index >= 15 is 0 Å². The molecule has 1 aliphatic carbocycles. The molecule has 0 radical (unpaired) electrons. The maximum atomic E-state index is 12.4. The van der Waals surface area contributed by atoms with E-state index in [0.29, 0.717) is 23.7 Å². The van der Waals surface area contributed by atoms with Crippen LogP contribution in [-0.2, 0) is 0 Å². The zero-order valence-electron chi connectivity index (χ0n) is 11.6. The number of carbonyl (C=O) groups excluding carboxylic acids is 1. The van der Waals surface area contributed by atoms with Gasteiger partial charge in [-0.25, -0.2) is 0 Å². The summed E-state index contributed by atoms with van der Waals surface area (Å²) in [5.41, 5.74) is 0.434. The highest BCUT2D eigenvalue weighted by atomic mass is 16.5. The summed E-state index contributed by atoms with van der Waals surface area (Å²) in [6, 6.07) is 5.51. The van der Waals surface area contributed by atoms with Gasteiger partial charge in [0.15, 0.2) is 5.78 Å². The highest BCUT2D eigenvalue weighted by Gasteiger charge is 2.45. The van der Waals surface area contributed by atoms with E-state index in [1.54, 1.807) is 13.2 Å². The monoisotopic (exact) mass is 260 g/mol. The maximum Gasteiger partial charge on any atom is 0.170 e. The fraction of sp³-hybridized carbons (Fsp3) is 0.562. The van der Waals surface area contributed by atoms with Gasteiger partial charge in [0.25, 0.3) is 0 Å². The fourth-order valence-electron chi connectivity index (χ4n) is 3.40. The van der Waals surface area contributed by atoms with E-state index in [1.807, 2.05) is 12.1 Å². The normalized spacial score (nSPS) is 29.2. The summed E-state index contributed by atoms with van der Waals surface area (Å²) in [4.78, 5) is 12.4. The summed E-state index contributed by atoms with van der Waals surface area (Å²) in [5.74, 6) is 2.34. The molecular formula is C16H20O3. The molecule has 2 aliphatic rings. The van der Waals surface area contributed by atoms with Crippen LogP contribution in [0.2, 0.25) is 0 Å². The standard InChI is InChI=1S/C16H20O3/c1-3-11-6-7-16(9-11)10-14(17)13-8-12(18-2)4-5-15(13)19-16/h4-5,8,11H,3,6-7,9-10H2,1-2H3. The molecule has 1 saturated carbocycles. The van der Waals surface area contributed by atoms with E-state index < -0.39 is 0 Å². The van der Waals surface area contributed by atoms with Gasteiger partial charge < -0.3 is 9.47 Å². The second kappa shape index (κ2) is 4.55. The zero-order chi connectivity index (χ0) is 13.5. The molecule has 1 aliphatic heterocycles. The number of hydrogen-bond acceptors (Lipinski definition) is 3. The van der Waals surface area contributed by atoms with E-state index in [1.165, 1.54) is 12.8 Å². The third-order valence-electron chi connectivity index (χ3n) is 4.54. The van der Waals surface area contributed by atoms with Gasteiger partial charge in [0.1, 0.15) is 17.1 Å². The first-order valence-corrected chi connectivity index (χ1v) is 7.06. The van der Waals surface area contributed by atoms with Crippen molar-refractivity contribution in [1.82, 2.24) is 0 Å². The summed E-state index contributed by atoms with van der Waals surface area (Å²) in [6.07, 6.45) is 4.89. The maximum absolute atomic E-state index is 12.4. The molecule has 2 unspecified atom stereocenters. The van der Waals surface area contributed by atoms with Gasteiger partial charge in [0.05, 0.1) is 19.1 Å². The predicted molar refractivity (Wildman–Crippen MR) is 72.9 cm³/mol. The molecule has 1 spiro atoms. The molecule has 1 fully saturated rings. The van der Waals surface area contributed by atoms with Crippen LogP contribution in [0.1, 0.15) is 49.4 Å². The van der Waals surface area contributed by atoms with E-state index in [-0.39, 0.29) is 11.4 Å². The Morgan fingerprint density at radius 2 is 2.32 bits per heavy atom. The van der Waals surface area contributed by atoms with Crippen LogP contribution < -0.4 is 9.47 Å². The highest BCUT2D eigenvalue weighted by Crippen LogP contribution is 2.46. The topological polar surface area (TPSA) is 35.5 Å². The van der Waals surface area contributed by atoms with Crippen LogP contribution in [0, 0.1) is 5.92 Å². The Labute approximate surface area is 113 Å². The zero-order valence-corrected chi connectivity index (χ0v) is 11.6. The highest BCUT2D eigenvalue weighted by molar-refractivity contribution is 6.00. The summed E-state index contributed by atoms with van der Waals surface area (Å²) < 4.78 is 11.4. The molecule has 3 nitrogen and oxygen atoms in total. The van der Waals surface area contributed by atoms with Crippen LogP contribution in [0.5, 0.6) is 11.5 Å². The van der Waals surface area contributed by atoms with Gasteiger partial charge in [0.2, 0.25) is 0 Å². The Morgan fingerprint density at radius 1 is 1.47 bits per heavy atom. The molecular weight excluding hydrogens is 240 g/mol. The first-order valence-electron chi connectivity index (χ1n) is 7.06. The van der Waals surface area contributed by atoms with Crippen LogP contribution in [-0.4, -0.2) is 18.5 Å². The summed E-state index contributed by atoms with van der Waals surface area (Å²) >= 11 is 0. The van der Waals surface area contributed by atoms with Crippen molar-refractivity contribution >= 4 is 5.78 Å². The number of carbonyl (C=O) groups is 1. The number of benzene rings is 1. The Morgan fingerprint density at radius 3 is 3.00 bits per heavy atom. The van der Waals surface area contributed by atoms with E-state index in [9.17, 15) is 4.79 Å². The Kier molecular flexibility index (Phi) is 3.00. The Balaban J connectivity index is 1.91. The summed E-state index contributed by atoms with van der Waals surface area (Å²) in [5, 5.41) is 0. The number of hydrogen-bond donors (Lipinski definition) is 0. The SMILES string of the molecule is CCC1CCC2(CC(=O)c3cc(OC)ccc3O2)C1. The van der Waals surface area contributed by atoms with Crippen LogP contribution in [0.15, 0.2) is 18.2 Å².